The Kier molecular flexibility index (Phi) is 5.95. The van der Waals surface area contributed by atoms with E-state index in [1.54, 1.807) is 6.07 Å². The fourth-order valence-electron chi connectivity index (χ4n) is 2.47. The number of nitrogens with zero attached hydrogens (tertiary/aromatic N) is 1. The van der Waals surface area contributed by atoms with Crippen LogP contribution in [0, 0.1) is 5.82 Å². The molecule has 2 unspecified atom stereocenters. The Balaban J connectivity index is 2.93. The first-order valence-corrected chi connectivity index (χ1v) is 6.71. The van der Waals surface area contributed by atoms with Crippen LogP contribution in [0.4, 0.5) is 4.39 Å². The summed E-state index contributed by atoms with van der Waals surface area (Å²) in [5, 5.41) is 8.89. The molecule has 2 atom stereocenters. The van der Waals surface area contributed by atoms with Crippen molar-refractivity contribution in [2.24, 2.45) is 0 Å². The summed E-state index contributed by atoms with van der Waals surface area (Å²) in [6, 6.07) is 4.67. The lowest BCUT2D eigenvalue weighted by Crippen LogP contribution is -2.36. The number of rotatable bonds is 7. The molecule has 0 aromatic heterocycles. The molecule has 0 saturated heterocycles. The van der Waals surface area contributed by atoms with Gasteiger partial charge in [0.25, 0.3) is 0 Å². The molecule has 1 aromatic rings. The Morgan fingerprint density at radius 2 is 2.10 bits per heavy atom. The van der Waals surface area contributed by atoms with Crippen molar-refractivity contribution in [2.45, 2.75) is 39.3 Å². The number of methoxy groups -OCH3 is 1. The maximum Gasteiger partial charge on any atom is 0.304 e. The molecule has 0 aliphatic heterocycles. The predicted molar refractivity (Wildman–Crippen MR) is 75.5 cm³/mol. The van der Waals surface area contributed by atoms with Crippen LogP contribution >= 0.6 is 0 Å². The Morgan fingerprint density at radius 1 is 1.45 bits per heavy atom. The average molecular weight is 283 g/mol. The maximum absolute atomic E-state index is 13.8. The number of halogens is 1. The third kappa shape index (κ3) is 3.93. The number of carboxylic acids is 1. The van der Waals surface area contributed by atoms with Gasteiger partial charge in [0.15, 0.2) is 11.6 Å². The first-order chi connectivity index (χ1) is 9.40. The molecule has 20 heavy (non-hydrogen) atoms. The van der Waals surface area contributed by atoms with Gasteiger partial charge in [-0.05, 0) is 38.1 Å². The minimum absolute atomic E-state index is 0.0604. The van der Waals surface area contributed by atoms with Gasteiger partial charge in [-0.1, -0.05) is 13.0 Å². The predicted octanol–water partition coefficient (Wildman–Crippen LogP) is 3.08. The van der Waals surface area contributed by atoms with E-state index in [4.69, 9.17) is 9.84 Å². The molecule has 0 aliphatic carbocycles. The number of carboxylic acid groups (broad SMARTS) is 1. The first-order valence-electron chi connectivity index (χ1n) is 6.71. The van der Waals surface area contributed by atoms with E-state index in [1.165, 1.54) is 13.2 Å². The third-order valence-corrected chi connectivity index (χ3v) is 3.56. The summed E-state index contributed by atoms with van der Waals surface area (Å²) < 4.78 is 18.7. The second-order valence-electron chi connectivity index (χ2n) is 4.85. The number of aliphatic carboxylic acids is 1. The SMILES string of the molecule is CCN(C(C)CC(=O)O)C(C)c1ccc(OC)c(F)c1. The second kappa shape index (κ2) is 7.24. The molecule has 112 valence electrons. The Morgan fingerprint density at radius 3 is 2.55 bits per heavy atom. The van der Waals surface area contributed by atoms with Crippen molar-refractivity contribution in [3.05, 3.63) is 29.6 Å². The summed E-state index contributed by atoms with van der Waals surface area (Å²) in [5.74, 6) is -1.02. The third-order valence-electron chi connectivity index (χ3n) is 3.56. The second-order valence-corrected chi connectivity index (χ2v) is 4.85. The van der Waals surface area contributed by atoms with Crippen LogP contribution in [-0.4, -0.2) is 35.7 Å². The van der Waals surface area contributed by atoms with Gasteiger partial charge in [0.1, 0.15) is 0 Å². The number of hydrogen-bond donors (Lipinski definition) is 1. The highest BCUT2D eigenvalue weighted by Crippen LogP contribution is 2.27. The van der Waals surface area contributed by atoms with Gasteiger partial charge in [-0.25, -0.2) is 4.39 Å². The summed E-state index contributed by atoms with van der Waals surface area (Å²) in [6.07, 6.45) is 0.0663. The van der Waals surface area contributed by atoms with Crippen LogP contribution in [0.5, 0.6) is 5.75 Å². The van der Waals surface area contributed by atoms with Gasteiger partial charge in [0, 0.05) is 12.1 Å². The molecule has 0 bridgehead atoms. The molecule has 1 aromatic carbocycles. The van der Waals surface area contributed by atoms with E-state index in [0.717, 1.165) is 5.56 Å². The van der Waals surface area contributed by atoms with E-state index >= 15 is 0 Å². The van der Waals surface area contributed by atoms with Crippen molar-refractivity contribution in [2.75, 3.05) is 13.7 Å². The van der Waals surface area contributed by atoms with E-state index in [1.807, 2.05) is 31.7 Å². The molecule has 4 nitrogen and oxygen atoms in total. The molecule has 0 heterocycles. The van der Waals surface area contributed by atoms with E-state index in [9.17, 15) is 9.18 Å². The van der Waals surface area contributed by atoms with Crippen molar-refractivity contribution in [1.82, 2.24) is 4.90 Å². The Hall–Kier alpha value is -1.62. The van der Waals surface area contributed by atoms with Gasteiger partial charge in [-0.2, -0.15) is 0 Å². The standard InChI is InChI=1S/C15H22FNO3/c1-5-17(10(2)8-15(18)19)11(3)12-6-7-14(20-4)13(16)9-12/h6-7,9-11H,5,8H2,1-4H3,(H,18,19). The van der Waals surface area contributed by atoms with Gasteiger partial charge in [-0.3, -0.25) is 9.69 Å². The average Bonchev–Trinajstić information content (AvgIpc) is 2.38. The van der Waals surface area contributed by atoms with E-state index < -0.39 is 11.8 Å². The van der Waals surface area contributed by atoms with Crippen molar-refractivity contribution < 1.29 is 19.0 Å². The minimum atomic E-state index is -0.830. The zero-order valence-electron chi connectivity index (χ0n) is 12.4. The van der Waals surface area contributed by atoms with Crippen molar-refractivity contribution in [3.63, 3.8) is 0 Å². The lowest BCUT2D eigenvalue weighted by molar-refractivity contribution is -0.138. The fourth-order valence-corrected chi connectivity index (χ4v) is 2.47. The van der Waals surface area contributed by atoms with Crippen LogP contribution in [0.25, 0.3) is 0 Å². The highest BCUT2D eigenvalue weighted by molar-refractivity contribution is 5.67. The summed E-state index contributed by atoms with van der Waals surface area (Å²) in [5.41, 5.74) is 0.808. The Labute approximate surface area is 119 Å². The summed E-state index contributed by atoms with van der Waals surface area (Å²) in [6.45, 7) is 6.48. The maximum atomic E-state index is 13.8. The number of carbonyl (C=O) groups is 1. The highest BCUT2D eigenvalue weighted by Gasteiger charge is 2.22. The molecule has 0 aliphatic rings. The molecule has 0 saturated carbocycles. The molecule has 0 fully saturated rings. The molecular weight excluding hydrogens is 261 g/mol. The van der Waals surface area contributed by atoms with Crippen LogP contribution < -0.4 is 4.74 Å². The number of hydrogen-bond acceptors (Lipinski definition) is 3. The minimum Gasteiger partial charge on any atom is -0.494 e. The van der Waals surface area contributed by atoms with E-state index in [2.05, 4.69) is 0 Å². The summed E-state index contributed by atoms with van der Waals surface area (Å²) >= 11 is 0. The smallest absolute Gasteiger partial charge is 0.304 e. The molecule has 0 amide bonds. The van der Waals surface area contributed by atoms with Gasteiger partial charge in [0.2, 0.25) is 0 Å². The zero-order valence-corrected chi connectivity index (χ0v) is 12.4. The molecule has 5 heteroatoms. The van der Waals surface area contributed by atoms with Crippen LogP contribution in [0.1, 0.15) is 38.8 Å². The quantitative estimate of drug-likeness (QED) is 0.835. The molecule has 0 radical (unpaired) electrons. The van der Waals surface area contributed by atoms with Crippen LogP contribution in [0.15, 0.2) is 18.2 Å². The fraction of sp³-hybridized carbons (Fsp3) is 0.533. The van der Waals surface area contributed by atoms with E-state index in [0.29, 0.717) is 6.54 Å². The largest absolute Gasteiger partial charge is 0.494 e. The number of benzene rings is 1. The molecule has 0 spiro atoms. The molecule has 1 rings (SSSR count). The van der Waals surface area contributed by atoms with Crippen molar-refractivity contribution >= 4 is 5.97 Å². The van der Waals surface area contributed by atoms with Crippen molar-refractivity contribution in [3.8, 4) is 5.75 Å². The normalized spacial score (nSPS) is 14.1. The van der Waals surface area contributed by atoms with Gasteiger partial charge in [-0.15, -0.1) is 0 Å². The van der Waals surface area contributed by atoms with Gasteiger partial charge in [0.05, 0.1) is 13.5 Å². The molecule has 1 N–H and O–H groups in total. The number of ether oxygens (including phenoxy) is 1. The first kappa shape index (κ1) is 16.4. The Bertz CT molecular complexity index is 464. The monoisotopic (exact) mass is 283 g/mol. The van der Waals surface area contributed by atoms with E-state index in [-0.39, 0.29) is 24.3 Å². The lowest BCUT2D eigenvalue weighted by atomic mass is 10.0. The van der Waals surface area contributed by atoms with Crippen LogP contribution in [0.3, 0.4) is 0 Å². The molecular formula is C15H22FNO3. The lowest BCUT2D eigenvalue weighted by Gasteiger charge is -2.33. The zero-order chi connectivity index (χ0) is 15.3. The summed E-state index contributed by atoms with van der Waals surface area (Å²) in [7, 11) is 1.43. The summed E-state index contributed by atoms with van der Waals surface area (Å²) in [4.78, 5) is 12.9. The van der Waals surface area contributed by atoms with Crippen LogP contribution in [-0.2, 0) is 4.79 Å². The highest BCUT2D eigenvalue weighted by atomic mass is 19.1. The van der Waals surface area contributed by atoms with Crippen LogP contribution in [0.2, 0.25) is 0 Å². The van der Waals surface area contributed by atoms with Crippen molar-refractivity contribution in [1.29, 1.82) is 0 Å². The topological polar surface area (TPSA) is 49.8 Å². The van der Waals surface area contributed by atoms with Gasteiger partial charge < -0.3 is 9.84 Å². The van der Waals surface area contributed by atoms with Gasteiger partial charge >= 0.3 is 5.97 Å².